The van der Waals surface area contributed by atoms with Gasteiger partial charge in [0.05, 0.1) is 12.7 Å². The molecule has 0 heterocycles. The monoisotopic (exact) mass is 585 g/mol. The van der Waals surface area contributed by atoms with E-state index in [1.54, 1.807) is 42.5 Å². The van der Waals surface area contributed by atoms with Crippen LogP contribution in [-0.4, -0.2) is 34.1 Å². The zero-order chi connectivity index (χ0) is 21.6. The number of nitrogens with one attached hydrogen (secondary N) is 3. The van der Waals surface area contributed by atoms with Gasteiger partial charge in [-0.25, -0.2) is 4.79 Å². The molecule has 0 aliphatic rings. The zero-order valence-electron chi connectivity index (χ0n) is 14.8. The maximum atomic E-state index is 12.5. The molecule has 0 aromatic heterocycles. The van der Waals surface area contributed by atoms with E-state index in [0.717, 1.165) is 3.57 Å². The van der Waals surface area contributed by atoms with Crippen LogP contribution in [0.4, 0.5) is 5.69 Å². The largest absolute Gasteiger partial charge is 0.465 e. The molecule has 0 spiro atoms. The Hall–Kier alpha value is -1.33. The number of alkyl halides is 3. The van der Waals surface area contributed by atoms with E-state index in [2.05, 4.69) is 43.3 Å². The number of thiocarbonyl (C=S) groups is 1. The van der Waals surface area contributed by atoms with Crippen LogP contribution in [0.2, 0.25) is 0 Å². The van der Waals surface area contributed by atoms with E-state index >= 15 is 0 Å². The summed E-state index contributed by atoms with van der Waals surface area (Å²) < 4.78 is 3.66. The predicted molar refractivity (Wildman–Crippen MR) is 128 cm³/mol. The molecule has 0 saturated heterocycles. The van der Waals surface area contributed by atoms with Gasteiger partial charge >= 0.3 is 5.97 Å². The van der Waals surface area contributed by atoms with Crippen molar-refractivity contribution in [3.8, 4) is 0 Å². The van der Waals surface area contributed by atoms with E-state index < -0.39 is 21.8 Å². The van der Waals surface area contributed by atoms with Gasteiger partial charge in [-0.15, -0.1) is 0 Å². The average molecular weight is 587 g/mol. The molecule has 1 amide bonds. The topological polar surface area (TPSA) is 79.5 Å². The number of anilines is 1. The number of ether oxygens (including phenoxy) is 1. The molecular weight excluding hydrogens is 572 g/mol. The second-order valence-corrected chi connectivity index (χ2v) is 9.65. The maximum absolute atomic E-state index is 12.5. The quantitative estimate of drug-likeness (QED) is 0.158. The number of amides is 1. The number of halogens is 4. The highest BCUT2D eigenvalue weighted by Gasteiger charge is 2.35. The lowest BCUT2D eigenvalue weighted by Gasteiger charge is -2.27. The molecule has 11 heteroatoms. The highest BCUT2D eigenvalue weighted by molar-refractivity contribution is 14.1. The van der Waals surface area contributed by atoms with Crippen molar-refractivity contribution in [3.05, 3.63) is 63.2 Å². The first kappa shape index (κ1) is 23.9. The Kier molecular flexibility index (Phi) is 8.77. The van der Waals surface area contributed by atoms with Gasteiger partial charge in [-0.1, -0.05) is 40.9 Å². The fourth-order valence-electron chi connectivity index (χ4n) is 2.15. The van der Waals surface area contributed by atoms with Crippen LogP contribution in [0.25, 0.3) is 0 Å². The lowest BCUT2D eigenvalue weighted by molar-refractivity contribution is 0.0600. The van der Waals surface area contributed by atoms with Crippen molar-refractivity contribution >= 4 is 92.3 Å². The van der Waals surface area contributed by atoms with Gasteiger partial charge in [0, 0.05) is 14.8 Å². The van der Waals surface area contributed by atoms with Gasteiger partial charge < -0.3 is 20.7 Å². The Morgan fingerprint density at radius 3 is 2.28 bits per heavy atom. The number of benzene rings is 2. The third kappa shape index (κ3) is 7.45. The van der Waals surface area contributed by atoms with E-state index in [1.165, 1.54) is 7.11 Å². The molecule has 0 aliphatic carbocycles. The minimum atomic E-state index is -1.88. The van der Waals surface area contributed by atoms with E-state index in [1.807, 2.05) is 6.07 Å². The van der Waals surface area contributed by atoms with E-state index in [-0.39, 0.29) is 5.11 Å². The van der Waals surface area contributed by atoms with Crippen LogP contribution < -0.4 is 16.0 Å². The van der Waals surface area contributed by atoms with E-state index in [0.29, 0.717) is 16.8 Å². The number of esters is 1. The Labute approximate surface area is 201 Å². The van der Waals surface area contributed by atoms with Crippen molar-refractivity contribution < 1.29 is 14.3 Å². The molecule has 6 nitrogen and oxygen atoms in total. The maximum Gasteiger partial charge on any atom is 0.337 e. The number of rotatable bonds is 5. The van der Waals surface area contributed by atoms with Crippen LogP contribution in [0.1, 0.15) is 20.7 Å². The average Bonchev–Trinajstić information content (AvgIpc) is 2.66. The molecule has 2 rings (SSSR count). The smallest absolute Gasteiger partial charge is 0.337 e. The summed E-state index contributed by atoms with van der Waals surface area (Å²) >= 11 is 25.3. The molecule has 1 atom stereocenters. The third-order valence-electron chi connectivity index (χ3n) is 3.53. The summed E-state index contributed by atoms with van der Waals surface area (Å²) in [6.07, 6.45) is -1.10. The molecule has 0 aliphatic heterocycles. The normalized spacial score (nSPS) is 11.9. The van der Waals surface area contributed by atoms with Crippen molar-refractivity contribution in [2.45, 2.75) is 9.96 Å². The van der Waals surface area contributed by atoms with Crippen LogP contribution in [0.3, 0.4) is 0 Å². The molecule has 154 valence electrons. The lowest BCUT2D eigenvalue weighted by atomic mass is 10.2. The molecule has 0 saturated carbocycles. The Morgan fingerprint density at radius 2 is 1.72 bits per heavy atom. The van der Waals surface area contributed by atoms with Crippen LogP contribution in [-0.2, 0) is 4.74 Å². The molecule has 0 radical (unpaired) electrons. The number of carbonyl (C=O) groups is 2. The highest BCUT2D eigenvalue weighted by Crippen LogP contribution is 2.29. The summed E-state index contributed by atoms with van der Waals surface area (Å²) in [6.45, 7) is 0. The molecule has 0 fully saturated rings. The SMILES string of the molecule is COC(=O)c1ccc(NC(=S)N[C@H](NC(=O)c2cccc(I)c2)C(Cl)(Cl)Cl)cc1. The van der Waals surface area contributed by atoms with Crippen molar-refractivity contribution in [2.75, 3.05) is 12.4 Å². The standard InChI is InChI=1S/C18H15Cl3IN3O3S/c1-28-15(27)10-5-7-13(8-6-10)23-17(29)25-16(18(19,20)21)24-14(26)11-3-2-4-12(22)9-11/h2-9,16H,1H3,(H,24,26)(H2,23,25,29)/t16-/m0/s1. The summed E-state index contributed by atoms with van der Waals surface area (Å²) in [7, 11) is 1.30. The molecular formula is C18H15Cl3IN3O3S. The minimum Gasteiger partial charge on any atom is -0.465 e. The number of hydrogen-bond acceptors (Lipinski definition) is 4. The number of carbonyl (C=O) groups excluding carboxylic acids is 2. The number of hydrogen-bond donors (Lipinski definition) is 3. The van der Waals surface area contributed by atoms with Gasteiger partial charge in [-0.2, -0.15) is 0 Å². The first-order chi connectivity index (χ1) is 13.6. The number of methoxy groups -OCH3 is 1. The second-order valence-electron chi connectivity index (χ2n) is 5.63. The molecule has 0 unspecified atom stereocenters. The van der Waals surface area contributed by atoms with Crippen LogP contribution >= 0.6 is 69.6 Å². The van der Waals surface area contributed by atoms with Gasteiger partial charge in [0.25, 0.3) is 5.91 Å². The third-order valence-corrected chi connectivity index (χ3v) is 5.07. The molecule has 29 heavy (non-hydrogen) atoms. The zero-order valence-corrected chi connectivity index (χ0v) is 20.1. The fourth-order valence-corrected chi connectivity index (χ4v) is 3.26. The highest BCUT2D eigenvalue weighted by atomic mass is 127. The fraction of sp³-hybridized carbons (Fsp3) is 0.167. The predicted octanol–water partition coefficient (Wildman–Crippen LogP) is 4.49. The van der Waals surface area contributed by atoms with E-state index in [9.17, 15) is 9.59 Å². The summed E-state index contributed by atoms with van der Waals surface area (Å²) in [5, 5.41) is 8.38. The van der Waals surface area contributed by atoms with Gasteiger partial charge in [-0.3, -0.25) is 4.79 Å². The van der Waals surface area contributed by atoms with Crippen LogP contribution in [0.15, 0.2) is 48.5 Å². The minimum absolute atomic E-state index is 0.107. The first-order valence-electron chi connectivity index (χ1n) is 7.99. The van der Waals surface area contributed by atoms with Crippen molar-refractivity contribution in [1.82, 2.24) is 10.6 Å². The van der Waals surface area contributed by atoms with Crippen molar-refractivity contribution in [2.24, 2.45) is 0 Å². The van der Waals surface area contributed by atoms with Crippen LogP contribution in [0, 0.1) is 3.57 Å². The van der Waals surface area contributed by atoms with Crippen molar-refractivity contribution in [3.63, 3.8) is 0 Å². The lowest BCUT2D eigenvalue weighted by Crippen LogP contribution is -2.56. The van der Waals surface area contributed by atoms with Gasteiger partial charge in [0.1, 0.15) is 6.17 Å². The van der Waals surface area contributed by atoms with E-state index in [4.69, 9.17) is 47.0 Å². The molecule has 0 bridgehead atoms. The van der Waals surface area contributed by atoms with Crippen LogP contribution in [0.5, 0.6) is 0 Å². The summed E-state index contributed by atoms with van der Waals surface area (Å²) in [4.78, 5) is 24.0. The van der Waals surface area contributed by atoms with Crippen molar-refractivity contribution in [1.29, 1.82) is 0 Å². The summed E-state index contributed by atoms with van der Waals surface area (Å²) in [6, 6.07) is 13.4. The molecule has 3 N–H and O–H groups in total. The second kappa shape index (κ2) is 10.6. The van der Waals surface area contributed by atoms with Gasteiger partial charge in [0.15, 0.2) is 5.11 Å². The summed E-state index contributed by atoms with van der Waals surface area (Å²) in [5.74, 6) is -0.885. The summed E-state index contributed by atoms with van der Waals surface area (Å²) in [5.41, 5.74) is 1.39. The molecule has 2 aromatic rings. The first-order valence-corrected chi connectivity index (χ1v) is 10.6. The van der Waals surface area contributed by atoms with Gasteiger partial charge in [-0.05, 0) is 77.3 Å². The van der Waals surface area contributed by atoms with Gasteiger partial charge in [0.2, 0.25) is 3.79 Å². The Morgan fingerprint density at radius 1 is 1.07 bits per heavy atom. The molecule has 2 aromatic carbocycles. The Bertz CT molecular complexity index is 907. The Balaban J connectivity index is 2.05.